The summed E-state index contributed by atoms with van der Waals surface area (Å²) < 4.78 is 36.6. The lowest BCUT2D eigenvalue weighted by atomic mass is 10.1. The summed E-state index contributed by atoms with van der Waals surface area (Å²) in [5, 5.41) is 9.83. The number of halogens is 1. The third kappa shape index (κ3) is 4.40. The Kier molecular flexibility index (Phi) is 5.74. The van der Waals surface area contributed by atoms with Crippen molar-refractivity contribution in [2.75, 3.05) is 20.8 Å². The number of benzene rings is 1. The molecule has 1 aromatic rings. The van der Waals surface area contributed by atoms with Gasteiger partial charge >= 0.3 is 5.97 Å². The van der Waals surface area contributed by atoms with Crippen LogP contribution in [0.3, 0.4) is 0 Å². The first-order chi connectivity index (χ1) is 9.64. The van der Waals surface area contributed by atoms with Crippen LogP contribution in [0.15, 0.2) is 27.6 Å². The van der Waals surface area contributed by atoms with Crippen molar-refractivity contribution >= 4 is 31.9 Å². The van der Waals surface area contributed by atoms with E-state index in [2.05, 4.69) is 25.4 Å². The van der Waals surface area contributed by atoms with E-state index in [9.17, 15) is 18.3 Å². The summed E-state index contributed by atoms with van der Waals surface area (Å²) in [6.45, 7) is 0.622. The van der Waals surface area contributed by atoms with E-state index in [1.54, 1.807) is 6.07 Å². The fraction of sp³-hybridized carbons (Fsp3) is 0.417. The highest BCUT2D eigenvalue weighted by Gasteiger charge is 2.33. The molecule has 7 nitrogen and oxygen atoms in total. The number of hydrogen-bond acceptors (Lipinski definition) is 6. The van der Waals surface area contributed by atoms with Crippen molar-refractivity contribution in [3.05, 3.63) is 22.7 Å². The van der Waals surface area contributed by atoms with Gasteiger partial charge in [0.15, 0.2) is 5.60 Å². The zero-order chi connectivity index (χ0) is 16.3. The minimum absolute atomic E-state index is 0.111. The lowest BCUT2D eigenvalue weighted by Gasteiger charge is -2.20. The molecule has 0 amide bonds. The molecule has 0 bridgehead atoms. The molecule has 1 aromatic carbocycles. The third-order valence-corrected chi connectivity index (χ3v) is 4.56. The second-order valence-electron chi connectivity index (χ2n) is 4.39. The second kappa shape index (κ2) is 6.73. The molecule has 9 heteroatoms. The molecule has 0 spiro atoms. The highest BCUT2D eigenvalue weighted by atomic mass is 79.9. The van der Waals surface area contributed by atoms with Gasteiger partial charge in [0.25, 0.3) is 0 Å². The molecule has 0 aliphatic rings. The Hall–Kier alpha value is -1.16. The van der Waals surface area contributed by atoms with Gasteiger partial charge in [-0.05, 0) is 25.1 Å². The van der Waals surface area contributed by atoms with Gasteiger partial charge in [0.1, 0.15) is 10.6 Å². The van der Waals surface area contributed by atoms with E-state index in [-0.39, 0.29) is 10.6 Å². The summed E-state index contributed by atoms with van der Waals surface area (Å²) in [5.74, 6) is -0.796. The SMILES string of the molecule is COC(=O)[C@](C)(O)CNS(=O)(=O)c1cc(Br)ccc1OC. The highest BCUT2D eigenvalue weighted by molar-refractivity contribution is 9.10. The van der Waals surface area contributed by atoms with Crippen molar-refractivity contribution in [2.24, 2.45) is 0 Å². The second-order valence-corrected chi connectivity index (χ2v) is 7.04. The van der Waals surface area contributed by atoms with Crippen LogP contribution in [0.4, 0.5) is 0 Å². The van der Waals surface area contributed by atoms with Crippen LogP contribution < -0.4 is 9.46 Å². The number of esters is 1. The van der Waals surface area contributed by atoms with Crippen molar-refractivity contribution in [3.8, 4) is 5.75 Å². The molecule has 0 saturated carbocycles. The number of ether oxygens (including phenoxy) is 2. The maximum Gasteiger partial charge on any atom is 0.338 e. The van der Waals surface area contributed by atoms with Gasteiger partial charge in [0, 0.05) is 4.47 Å². The fourth-order valence-corrected chi connectivity index (χ4v) is 3.30. The molecule has 0 fully saturated rings. The largest absolute Gasteiger partial charge is 0.495 e. The quantitative estimate of drug-likeness (QED) is 0.701. The summed E-state index contributed by atoms with van der Waals surface area (Å²) in [5.41, 5.74) is -1.97. The lowest BCUT2D eigenvalue weighted by Crippen LogP contribution is -2.47. The zero-order valence-electron chi connectivity index (χ0n) is 11.7. The van der Waals surface area contributed by atoms with Crippen LogP contribution in [0, 0.1) is 0 Å². The van der Waals surface area contributed by atoms with Crippen molar-refractivity contribution in [2.45, 2.75) is 17.4 Å². The van der Waals surface area contributed by atoms with Crippen LogP contribution in [0.25, 0.3) is 0 Å². The van der Waals surface area contributed by atoms with Crippen LogP contribution in [0.1, 0.15) is 6.92 Å². The summed E-state index contributed by atoms with van der Waals surface area (Å²) in [6, 6.07) is 4.47. The molecule has 21 heavy (non-hydrogen) atoms. The first-order valence-corrected chi connectivity index (χ1v) is 8.05. The number of hydrogen-bond donors (Lipinski definition) is 2. The van der Waals surface area contributed by atoms with Crippen LogP contribution >= 0.6 is 15.9 Å². The minimum Gasteiger partial charge on any atom is -0.495 e. The first-order valence-electron chi connectivity index (χ1n) is 5.78. The number of aliphatic hydroxyl groups is 1. The van der Waals surface area contributed by atoms with Crippen molar-refractivity contribution in [1.29, 1.82) is 0 Å². The maximum absolute atomic E-state index is 12.2. The predicted molar refractivity (Wildman–Crippen MR) is 78.5 cm³/mol. The van der Waals surface area contributed by atoms with E-state index in [4.69, 9.17) is 4.74 Å². The molecule has 0 unspecified atom stereocenters. The van der Waals surface area contributed by atoms with E-state index in [1.165, 1.54) is 19.2 Å². The normalized spacial score (nSPS) is 14.3. The van der Waals surface area contributed by atoms with E-state index in [0.717, 1.165) is 14.0 Å². The third-order valence-electron chi connectivity index (χ3n) is 2.65. The summed E-state index contributed by atoms with van der Waals surface area (Å²) in [6.07, 6.45) is 0. The van der Waals surface area contributed by atoms with E-state index < -0.39 is 28.1 Å². The Morgan fingerprint density at radius 2 is 2.05 bits per heavy atom. The monoisotopic (exact) mass is 381 g/mol. The highest BCUT2D eigenvalue weighted by Crippen LogP contribution is 2.27. The topological polar surface area (TPSA) is 102 Å². The maximum atomic E-state index is 12.2. The van der Waals surface area contributed by atoms with E-state index in [0.29, 0.717) is 4.47 Å². The lowest BCUT2D eigenvalue weighted by molar-refractivity contribution is -0.159. The molecule has 0 heterocycles. The van der Waals surface area contributed by atoms with Gasteiger partial charge in [-0.15, -0.1) is 0 Å². The summed E-state index contributed by atoms with van der Waals surface area (Å²) >= 11 is 3.17. The van der Waals surface area contributed by atoms with Crippen molar-refractivity contribution < 1.29 is 27.8 Å². The molecule has 0 aliphatic carbocycles. The molecular formula is C12H16BrNO6S. The Bertz CT molecular complexity index is 629. The Morgan fingerprint density at radius 1 is 1.43 bits per heavy atom. The van der Waals surface area contributed by atoms with Crippen LogP contribution in [-0.2, 0) is 19.6 Å². The number of nitrogens with one attached hydrogen (secondary N) is 1. The van der Waals surface area contributed by atoms with Gasteiger partial charge in [-0.25, -0.2) is 17.9 Å². The van der Waals surface area contributed by atoms with Crippen molar-refractivity contribution in [1.82, 2.24) is 4.72 Å². The summed E-state index contributed by atoms with van der Waals surface area (Å²) in [7, 11) is -1.53. The molecule has 0 aromatic heterocycles. The predicted octanol–water partition coefficient (Wildman–Crippen LogP) is 0.660. The number of sulfonamides is 1. The Balaban J connectivity index is 3.03. The van der Waals surface area contributed by atoms with Gasteiger partial charge in [0.05, 0.1) is 20.8 Å². The zero-order valence-corrected chi connectivity index (χ0v) is 14.1. The van der Waals surface area contributed by atoms with Gasteiger partial charge in [-0.1, -0.05) is 15.9 Å². The van der Waals surface area contributed by atoms with Crippen LogP contribution in [-0.4, -0.2) is 45.9 Å². The van der Waals surface area contributed by atoms with Crippen LogP contribution in [0.2, 0.25) is 0 Å². The first kappa shape index (κ1) is 17.9. The molecule has 2 N–H and O–H groups in total. The number of carbonyl (C=O) groups excluding carboxylic acids is 1. The Labute approximate surface area is 131 Å². The molecule has 118 valence electrons. The smallest absolute Gasteiger partial charge is 0.338 e. The fourth-order valence-electron chi connectivity index (χ4n) is 1.47. The van der Waals surface area contributed by atoms with Gasteiger partial charge in [-0.3, -0.25) is 0 Å². The van der Waals surface area contributed by atoms with Crippen molar-refractivity contribution in [3.63, 3.8) is 0 Å². The molecular weight excluding hydrogens is 366 g/mol. The van der Waals surface area contributed by atoms with Crippen LogP contribution in [0.5, 0.6) is 5.75 Å². The average Bonchev–Trinajstić information content (AvgIpc) is 2.44. The van der Waals surface area contributed by atoms with Gasteiger partial charge < -0.3 is 14.6 Å². The van der Waals surface area contributed by atoms with E-state index in [1.807, 2.05) is 0 Å². The molecule has 0 aliphatic heterocycles. The molecule has 0 radical (unpaired) electrons. The van der Waals surface area contributed by atoms with E-state index >= 15 is 0 Å². The number of methoxy groups -OCH3 is 2. The molecule has 0 saturated heterocycles. The molecule has 1 rings (SSSR count). The molecule has 1 atom stereocenters. The summed E-state index contributed by atoms with van der Waals surface area (Å²) in [4.78, 5) is 11.2. The Morgan fingerprint density at radius 3 is 2.57 bits per heavy atom. The standard InChI is InChI=1S/C12H16BrNO6S/c1-12(16,11(15)20-3)7-14-21(17,18)10-6-8(13)4-5-9(10)19-2/h4-6,14,16H,7H2,1-3H3/t12-/m1/s1. The number of rotatable bonds is 6. The number of carbonyl (C=O) groups is 1. The van der Waals surface area contributed by atoms with Gasteiger partial charge in [-0.2, -0.15) is 0 Å². The minimum atomic E-state index is -3.97. The average molecular weight is 382 g/mol. The van der Waals surface area contributed by atoms with Gasteiger partial charge in [0.2, 0.25) is 10.0 Å².